The average molecular weight is 1240 g/mol. The molecule has 2 aromatic heterocycles. The number of hydrogen-bond acceptors (Lipinski definition) is 12. The number of aryl methyl sites for hydroxylation is 2. The molecule has 0 bridgehead atoms. The van der Waals surface area contributed by atoms with Crippen LogP contribution in [0.25, 0.3) is 21.8 Å². The Bertz CT molecular complexity index is 3960. The number of fused-ring (bicyclic) bond motifs is 6. The van der Waals surface area contributed by atoms with E-state index in [1.54, 1.807) is 0 Å². The van der Waals surface area contributed by atoms with Gasteiger partial charge >= 0.3 is 0 Å². The van der Waals surface area contributed by atoms with Crippen LogP contribution in [-0.2, 0) is 115 Å². The van der Waals surface area contributed by atoms with Crippen molar-refractivity contribution >= 4 is 21.8 Å². The van der Waals surface area contributed by atoms with Crippen LogP contribution in [0.15, 0.2) is 219 Å². The fourth-order valence-corrected chi connectivity index (χ4v) is 13.1. The molecule has 14 rings (SSSR count). The predicted molar refractivity (Wildman–Crippen MR) is 356 cm³/mol. The van der Waals surface area contributed by atoms with E-state index in [4.69, 9.17) is 37.9 Å². The molecule has 10 aromatic rings. The summed E-state index contributed by atoms with van der Waals surface area (Å²) >= 11 is 0. The molecule has 0 radical (unpaired) electrons. The minimum atomic E-state index is -1.63. The van der Waals surface area contributed by atoms with Gasteiger partial charge in [0.25, 0.3) is 0 Å². The normalized spacial score (nSPS) is 23.8. The van der Waals surface area contributed by atoms with Gasteiger partial charge in [0, 0.05) is 47.6 Å². The van der Waals surface area contributed by atoms with Crippen molar-refractivity contribution in [1.29, 1.82) is 0 Å². The van der Waals surface area contributed by atoms with Gasteiger partial charge in [-0.25, -0.2) is 0 Å². The van der Waals surface area contributed by atoms with Crippen LogP contribution in [0, 0.1) is 0 Å². The highest BCUT2D eigenvalue weighted by molar-refractivity contribution is 5.83. The van der Waals surface area contributed by atoms with E-state index in [0.29, 0.717) is 45.1 Å². The Kier molecular flexibility index (Phi) is 21.1. The third kappa shape index (κ3) is 13.7. The second-order valence-corrected chi connectivity index (χ2v) is 23.9. The monoisotopic (exact) mass is 1240 g/mol. The maximum absolute atomic E-state index is 10.8. The first kappa shape index (κ1) is 65.8. The van der Waals surface area contributed by atoms with E-state index in [2.05, 4.69) is 144 Å². The van der Waals surface area contributed by atoms with Crippen LogP contribution < -0.4 is 0 Å². The standard InChI is InChI=1S/C52H51NO6.C24H27NO6.2CH4/c1-2-38-23-25-39(26-24-38)31-53-28-27-44-29-45-36-58-52(46(45)30-47(44)53)51(57-35-43-21-13-6-14-22-43)50(56-34-42-19-11-5-12-20-42)49(55-33-41-17-9-4-10-18-41)48(59-52)37-54-32-40-15-7-3-8-16-40;1-2-14-3-5-15(6-4-14)11-25-8-7-16-9-17-13-30-24(18(17)10-19(16)25)23(29)22(28)21(27)20(12-26)31-24;;/h3-30,48-51H,2,31-37H2,1H3;3-10,20-23,26-29H,2,11-13H2,1H3;2*1H4/t48-,49-,50+,51-,52+;20-,21-,22+,23-,24+;;/m11../s1. The van der Waals surface area contributed by atoms with E-state index in [1.165, 1.54) is 22.3 Å². The van der Waals surface area contributed by atoms with Crippen molar-refractivity contribution in [2.75, 3.05) is 13.2 Å². The van der Waals surface area contributed by atoms with Gasteiger partial charge in [0.2, 0.25) is 11.6 Å². The van der Waals surface area contributed by atoms with Gasteiger partial charge in [-0.1, -0.05) is 199 Å². The Labute approximate surface area is 540 Å². The summed E-state index contributed by atoms with van der Waals surface area (Å²) in [5, 5.41) is 43.1. The summed E-state index contributed by atoms with van der Waals surface area (Å²) < 4.78 is 58.3. The molecule has 14 heteroatoms. The first-order valence-corrected chi connectivity index (χ1v) is 31.4. The molecule has 92 heavy (non-hydrogen) atoms. The Hall–Kier alpha value is -7.64. The van der Waals surface area contributed by atoms with Gasteiger partial charge in [-0.05, 0) is 116 Å². The Balaban J connectivity index is 0.000000221. The summed E-state index contributed by atoms with van der Waals surface area (Å²) in [5.74, 6) is -2.96. The first-order valence-electron chi connectivity index (χ1n) is 31.4. The van der Waals surface area contributed by atoms with Crippen LogP contribution in [0.2, 0.25) is 0 Å². The summed E-state index contributed by atoms with van der Waals surface area (Å²) in [6.07, 6.45) is -1.75. The molecule has 4 N–H and O–H groups in total. The van der Waals surface area contributed by atoms with Gasteiger partial charge in [0.05, 0.1) is 52.9 Å². The quantitative estimate of drug-likeness (QED) is 0.0572. The zero-order chi connectivity index (χ0) is 61.6. The van der Waals surface area contributed by atoms with Crippen LogP contribution in [-0.4, -0.2) is 91.6 Å². The Morgan fingerprint density at radius 2 is 0.859 bits per heavy atom. The predicted octanol–water partition coefficient (Wildman–Crippen LogP) is 13.0. The summed E-state index contributed by atoms with van der Waals surface area (Å²) in [7, 11) is 0. The lowest BCUT2D eigenvalue weighted by Crippen LogP contribution is -2.65. The molecule has 480 valence electrons. The molecular formula is C78H86N2O12. The summed E-state index contributed by atoms with van der Waals surface area (Å²) in [6, 6.07) is 70.9. The molecule has 0 unspecified atom stereocenters. The van der Waals surface area contributed by atoms with Gasteiger partial charge < -0.3 is 67.5 Å². The van der Waals surface area contributed by atoms with Crippen molar-refractivity contribution in [3.63, 3.8) is 0 Å². The number of benzene rings is 8. The van der Waals surface area contributed by atoms with E-state index >= 15 is 0 Å². The summed E-state index contributed by atoms with van der Waals surface area (Å²) in [5.41, 5.74) is 14.8. The third-order valence-corrected chi connectivity index (χ3v) is 18.1. The highest BCUT2D eigenvalue weighted by Crippen LogP contribution is 2.51. The van der Waals surface area contributed by atoms with E-state index in [9.17, 15) is 20.4 Å². The molecule has 10 atom stereocenters. The van der Waals surface area contributed by atoms with Gasteiger partial charge in [0.1, 0.15) is 48.8 Å². The van der Waals surface area contributed by atoms with Gasteiger partial charge in [0.15, 0.2) is 0 Å². The fourth-order valence-electron chi connectivity index (χ4n) is 13.1. The Morgan fingerprint density at radius 1 is 0.446 bits per heavy atom. The second kappa shape index (κ2) is 29.5. The number of aliphatic hydroxyl groups is 4. The molecule has 8 aromatic carbocycles. The van der Waals surface area contributed by atoms with Crippen LogP contribution in [0.4, 0.5) is 0 Å². The maximum Gasteiger partial charge on any atom is 0.226 e. The number of aromatic nitrogens is 2. The molecule has 2 spiro atoms. The minimum Gasteiger partial charge on any atom is -0.394 e. The molecule has 14 nitrogen and oxygen atoms in total. The van der Waals surface area contributed by atoms with Crippen molar-refractivity contribution in [3.05, 3.63) is 285 Å². The number of ether oxygens (including phenoxy) is 8. The molecule has 0 aliphatic carbocycles. The third-order valence-electron chi connectivity index (χ3n) is 18.1. The van der Waals surface area contributed by atoms with Crippen molar-refractivity contribution < 1.29 is 58.3 Å². The summed E-state index contributed by atoms with van der Waals surface area (Å²) in [6.45, 7) is 7.51. The number of hydrogen-bond donors (Lipinski definition) is 4. The van der Waals surface area contributed by atoms with E-state index in [0.717, 1.165) is 80.1 Å². The number of rotatable bonds is 20. The summed E-state index contributed by atoms with van der Waals surface area (Å²) in [4.78, 5) is 0. The van der Waals surface area contributed by atoms with Crippen molar-refractivity contribution in [2.45, 2.75) is 155 Å². The van der Waals surface area contributed by atoms with Gasteiger partial charge in [-0.15, -0.1) is 0 Å². The molecule has 0 amide bonds. The molecule has 2 saturated heterocycles. The lowest BCUT2D eigenvalue weighted by atomic mass is 9.86. The van der Waals surface area contributed by atoms with E-state index in [-0.39, 0.29) is 28.1 Å². The molecule has 4 aliphatic heterocycles. The SMILES string of the molecule is C.C.CCc1ccc(Cn2ccc3cc4c(cc32)[C@]2(OC4)O[C@H](CO)[C@@H](O)[C@H](O)[C@H]2O)cc1.CCc1ccc(Cn2ccc3cc4c(cc32)[C@]2(OC4)O[C@H](COCc3ccccc3)[C@@H](OCc3ccccc3)[C@H](OCc3ccccc3)[C@H]2OCc2ccccc2)cc1. The van der Waals surface area contributed by atoms with Crippen molar-refractivity contribution in [3.8, 4) is 0 Å². The molecular weight excluding hydrogens is 1160 g/mol. The van der Waals surface area contributed by atoms with Gasteiger partial charge in [-0.2, -0.15) is 0 Å². The lowest BCUT2D eigenvalue weighted by molar-refractivity contribution is -0.387. The molecule has 2 fully saturated rings. The lowest BCUT2D eigenvalue weighted by Gasteiger charge is -2.51. The average Bonchev–Trinajstić information content (AvgIpc) is 1.53. The minimum absolute atomic E-state index is 0. The molecule has 4 aliphatic rings. The van der Waals surface area contributed by atoms with E-state index < -0.39 is 67.0 Å². The van der Waals surface area contributed by atoms with Crippen LogP contribution in [0.3, 0.4) is 0 Å². The highest BCUT2D eigenvalue weighted by atomic mass is 16.8. The second-order valence-electron chi connectivity index (χ2n) is 23.9. The van der Waals surface area contributed by atoms with Crippen LogP contribution >= 0.6 is 0 Å². The van der Waals surface area contributed by atoms with Crippen molar-refractivity contribution in [1.82, 2.24) is 9.13 Å². The van der Waals surface area contributed by atoms with E-state index in [1.807, 2.05) is 97.2 Å². The molecule has 0 saturated carbocycles. The number of nitrogens with zero attached hydrogens (tertiary/aromatic N) is 2. The number of aliphatic hydroxyl groups excluding tert-OH is 4. The zero-order valence-electron chi connectivity index (χ0n) is 50.8. The van der Waals surface area contributed by atoms with Gasteiger partial charge in [-0.3, -0.25) is 0 Å². The smallest absolute Gasteiger partial charge is 0.226 e. The molecule has 6 heterocycles. The van der Waals surface area contributed by atoms with Crippen molar-refractivity contribution in [2.24, 2.45) is 0 Å². The topological polar surface area (TPSA) is 165 Å². The largest absolute Gasteiger partial charge is 0.394 e. The van der Waals surface area contributed by atoms with Crippen LogP contribution in [0.1, 0.15) is 95.5 Å². The first-order chi connectivity index (χ1) is 44.1. The maximum atomic E-state index is 10.8. The zero-order valence-corrected chi connectivity index (χ0v) is 50.8. The fraction of sp³-hybridized carbons (Fsp3) is 0.333. The highest BCUT2D eigenvalue weighted by Gasteiger charge is 2.62. The van der Waals surface area contributed by atoms with Crippen LogP contribution in [0.5, 0.6) is 0 Å². The Morgan fingerprint density at radius 3 is 1.33 bits per heavy atom.